The first-order chi connectivity index (χ1) is 28.7. The molecule has 9 nitrogen and oxygen atoms in total. The smallest absolute Gasteiger partial charge is 0.200 e. The second-order valence-electron chi connectivity index (χ2n) is 16.5. The Bertz CT molecular complexity index is 1770. The van der Waals surface area contributed by atoms with Crippen LogP contribution in [-0.4, -0.2) is 75.7 Å². The van der Waals surface area contributed by atoms with Gasteiger partial charge in [0, 0.05) is 0 Å². The van der Waals surface area contributed by atoms with Crippen LogP contribution in [0.15, 0.2) is 134 Å². The van der Waals surface area contributed by atoms with E-state index in [0.717, 1.165) is 22.3 Å². The maximum atomic E-state index is 12.2. The molecule has 4 aromatic rings. The fourth-order valence-corrected chi connectivity index (χ4v) is 14.1. The highest BCUT2D eigenvalue weighted by molar-refractivity contribution is 6.77. The van der Waals surface area contributed by atoms with Crippen LogP contribution in [0.4, 0.5) is 0 Å². The molecule has 0 aliphatic carbocycles. The average molecular weight is 825 g/mol. The van der Waals surface area contributed by atoms with Crippen LogP contribution in [0.3, 0.4) is 0 Å². The standard InChI is InChI=1S/C49H64O9Si/c1-35(2)59(36(3)4,37(5)6)57-34-44-47(54-31-40-23-15-9-16-24-40)48(55-32-41-25-17-10-18-26-41)45(50)49(58-44)56-33-43-46(53-30-39-21-13-8-14-22-39)42(27-28-51-43)52-29-38-19-11-7-12-20-38/h7-28,35-37,42-50H,29-34H2,1-6H3/t42-,43-,44-,45+,46+,47-,48-,49+/m1/s1. The van der Waals surface area contributed by atoms with Gasteiger partial charge in [0.05, 0.1) is 45.9 Å². The molecule has 1 fully saturated rings. The Hall–Kier alpha value is -3.68. The first-order valence-corrected chi connectivity index (χ1v) is 23.3. The molecule has 8 atom stereocenters. The average Bonchev–Trinajstić information content (AvgIpc) is 3.25. The van der Waals surface area contributed by atoms with E-state index < -0.39 is 57.3 Å². The fourth-order valence-electron chi connectivity index (χ4n) is 8.65. The number of rotatable bonds is 21. The van der Waals surface area contributed by atoms with Crippen molar-refractivity contribution < 1.29 is 42.7 Å². The predicted octanol–water partition coefficient (Wildman–Crippen LogP) is 9.54. The molecule has 2 aliphatic rings. The van der Waals surface area contributed by atoms with E-state index in [4.69, 9.17) is 37.6 Å². The van der Waals surface area contributed by atoms with Crippen molar-refractivity contribution in [3.63, 3.8) is 0 Å². The highest BCUT2D eigenvalue weighted by atomic mass is 28.4. The number of aliphatic hydroxyl groups excluding tert-OH is 1. The summed E-state index contributed by atoms with van der Waals surface area (Å²) in [4.78, 5) is 0. The molecule has 2 heterocycles. The zero-order valence-corrected chi connectivity index (χ0v) is 36.5. The summed E-state index contributed by atoms with van der Waals surface area (Å²) in [5, 5.41) is 12.2. The lowest BCUT2D eigenvalue weighted by Gasteiger charge is -2.47. The van der Waals surface area contributed by atoms with Crippen molar-refractivity contribution in [2.45, 2.75) is 134 Å². The van der Waals surface area contributed by atoms with Gasteiger partial charge in [0.1, 0.15) is 36.6 Å². The van der Waals surface area contributed by atoms with Gasteiger partial charge < -0.3 is 42.7 Å². The van der Waals surface area contributed by atoms with Crippen molar-refractivity contribution in [1.82, 2.24) is 0 Å². The van der Waals surface area contributed by atoms with Gasteiger partial charge in [-0.3, -0.25) is 0 Å². The Labute approximate surface area is 352 Å². The monoisotopic (exact) mass is 824 g/mol. The van der Waals surface area contributed by atoms with Gasteiger partial charge in [-0.2, -0.15) is 0 Å². The molecule has 0 spiro atoms. The first-order valence-electron chi connectivity index (χ1n) is 21.2. The van der Waals surface area contributed by atoms with Crippen LogP contribution in [0.5, 0.6) is 0 Å². The minimum Gasteiger partial charge on any atom is -0.493 e. The summed E-state index contributed by atoms with van der Waals surface area (Å²) < 4.78 is 53.1. The molecule has 0 saturated carbocycles. The van der Waals surface area contributed by atoms with E-state index >= 15 is 0 Å². The van der Waals surface area contributed by atoms with E-state index in [-0.39, 0.29) is 19.8 Å². The molecule has 0 bridgehead atoms. The van der Waals surface area contributed by atoms with Gasteiger partial charge >= 0.3 is 0 Å². The van der Waals surface area contributed by atoms with Crippen LogP contribution in [0, 0.1) is 0 Å². The van der Waals surface area contributed by atoms with Crippen molar-refractivity contribution in [2.24, 2.45) is 0 Å². The second-order valence-corrected chi connectivity index (χ2v) is 22.0. The van der Waals surface area contributed by atoms with Crippen LogP contribution < -0.4 is 0 Å². The maximum Gasteiger partial charge on any atom is 0.200 e. The van der Waals surface area contributed by atoms with E-state index in [1.807, 2.05) is 127 Å². The van der Waals surface area contributed by atoms with Gasteiger partial charge in [-0.25, -0.2) is 0 Å². The number of aliphatic hydroxyl groups is 1. The Morgan fingerprint density at radius 1 is 0.508 bits per heavy atom. The zero-order chi connectivity index (χ0) is 41.6. The van der Waals surface area contributed by atoms with Crippen LogP contribution in [0.2, 0.25) is 16.6 Å². The number of hydrogen-bond donors (Lipinski definition) is 1. The summed E-state index contributed by atoms with van der Waals surface area (Å²) >= 11 is 0. The van der Waals surface area contributed by atoms with Crippen LogP contribution >= 0.6 is 0 Å². The minimum atomic E-state index is -2.33. The predicted molar refractivity (Wildman–Crippen MR) is 232 cm³/mol. The van der Waals surface area contributed by atoms with Gasteiger partial charge in [0.15, 0.2) is 20.7 Å². The van der Waals surface area contributed by atoms with Crippen LogP contribution in [0.25, 0.3) is 0 Å². The van der Waals surface area contributed by atoms with Gasteiger partial charge in [0.25, 0.3) is 0 Å². The molecule has 318 valence electrons. The van der Waals surface area contributed by atoms with Crippen molar-refractivity contribution in [3.05, 3.63) is 156 Å². The SMILES string of the molecule is CC(C)[Si](OC[C@H]1O[C@H](OC[C@H]2OC=C[C@@H](OCc3ccccc3)[C@@H]2OCc2ccccc2)[C@@H](O)[C@@H](OCc2ccccc2)[C@@H]1OCc1ccccc1)(C(C)C)C(C)C. The Morgan fingerprint density at radius 2 is 0.932 bits per heavy atom. The second kappa shape index (κ2) is 22.2. The number of hydrogen-bond acceptors (Lipinski definition) is 9. The molecule has 0 amide bonds. The van der Waals surface area contributed by atoms with E-state index in [0.29, 0.717) is 36.4 Å². The normalized spacial score (nSPS) is 24.8. The summed E-state index contributed by atoms with van der Waals surface area (Å²) in [5.41, 5.74) is 5.15. The Kier molecular flexibility index (Phi) is 16.9. The molecule has 6 rings (SSSR count). The summed E-state index contributed by atoms with van der Waals surface area (Å²) in [6.07, 6.45) is -2.36. The van der Waals surface area contributed by atoms with Gasteiger partial charge in [-0.05, 0) is 45.0 Å². The summed E-state index contributed by atoms with van der Waals surface area (Å²) in [6, 6.07) is 40.0. The lowest BCUT2D eigenvalue weighted by atomic mass is 9.98. The van der Waals surface area contributed by atoms with Crippen LogP contribution in [-0.2, 0) is 64.0 Å². The third kappa shape index (κ3) is 12.0. The van der Waals surface area contributed by atoms with Crippen molar-refractivity contribution in [3.8, 4) is 0 Å². The molecule has 0 radical (unpaired) electrons. The molecule has 59 heavy (non-hydrogen) atoms. The molecule has 0 aromatic heterocycles. The first kappa shape index (κ1) is 44.9. The molecular formula is C49H64O9Si. The van der Waals surface area contributed by atoms with Gasteiger partial charge in [0.2, 0.25) is 0 Å². The number of ether oxygens (including phenoxy) is 7. The van der Waals surface area contributed by atoms with Gasteiger partial charge in [-0.15, -0.1) is 0 Å². The van der Waals surface area contributed by atoms with E-state index in [1.54, 1.807) is 6.26 Å². The van der Waals surface area contributed by atoms with Crippen molar-refractivity contribution >= 4 is 8.32 Å². The highest BCUT2D eigenvalue weighted by Crippen LogP contribution is 2.43. The van der Waals surface area contributed by atoms with Crippen LogP contribution in [0.1, 0.15) is 63.8 Å². The summed E-state index contributed by atoms with van der Waals surface area (Å²) in [7, 11) is -2.33. The van der Waals surface area contributed by atoms with E-state index in [1.165, 1.54) is 0 Å². The van der Waals surface area contributed by atoms with Gasteiger partial charge in [-0.1, -0.05) is 163 Å². The minimum absolute atomic E-state index is 0.0495. The Morgan fingerprint density at radius 3 is 1.39 bits per heavy atom. The third-order valence-electron chi connectivity index (χ3n) is 11.6. The molecule has 0 unspecified atom stereocenters. The zero-order valence-electron chi connectivity index (χ0n) is 35.5. The molecular weight excluding hydrogens is 761 g/mol. The van der Waals surface area contributed by atoms with E-state index in [2.05, 4.69) is 41.5 Å². The molecule has 10 heteroatoms. The molecule has 1 N–H and O–H groups in total. The van der Waals surface area contributed by atoms with Crippen molar-refractivity contribution in [1.29, 1.82) is 0 Å². The van der Waals surface area contributed by atoms with E-state index in [9.17, 15) is 5.11 Å². The summed E-state index contributed by atoms with van der Waals surface area (Å²) in [6.45, 7) is 15.3. The molecule has 2 aliphatic heterocycles. The molecule has 1 saturated heterocycles. The quantitative estimate of drug-likeness (QED) is 0.0825. The topological polar surface area (TPSA) is 94.1 Å². The lowest BCUT2D eigenvalue weighted by Crippen LogP contribution is -2.62. The maximum absolute atomic E-state index is 12.2. The lowest BCUT2D eigenvalue weighted by molar-refractivity contribution is -0.321. The highest BCUT2D eigenvalue weighted by Gasteiger charge is 2.51. The largest absolute Gasteiger partial charge is 0.493 e. The fraction of sp³-hybridized carbons (Fsp3) is 0.469. The Balaban J connectivity index is 1.26. The number of benzene rings is 4. The van der Waals surface area contributed by atoms with Crippen molar-refractivity contribution in [2.75, 3.05) is 13.2 Å². The molecule has 4 aromatic carbocycles. The summed E-state index contributed by atoms with van der Waals surface area (Å²) in [5.74, 6) is 0. The third-order valence-corrected chi connectivity index (χ3v) is 17.7.